The number of rotatable bonds is 5. The third-order valence-corrected chi connectivity index (χ3v) is 3.10. The largest absolute Gasteiger partial charge is 0.315 e. The van der Waals surface area contributed by atoms with Crippen LogP contribution in [-0.4, -0.2) is 17.0 Å². The van der Waals surface area contributed by atoms with Gasteiger partial charge in [0.2, 0.25) is 5.78 Å². The fraction of sp³-hybridized carbons (Fsp3) is 0.111. The van der Waals surface area contributed by atoms with Crippen LogP contribution in [0.3, 0.4) is 0 Å². The highest BCUT2D eigenvalue weighted by molar-refractivity contribution is 6.09. The van der Waals surface area contributed by atoms with Crippen LogP contribution >= 0.6 is 0 Å². The number of hydrogen-bond donors (Lipinski definition) is 0. The number of benzene rings is 1. The van der Waals surface area contributed by atoms with E-state index in [4.69, 9.17) is 0 Å². The highest BCUT2D eigenvalue weighted by Gasteiger charge is 2.22. The summed E-state index contributed by atoms with van der Waals surface area (Å²) in [5.41, 5.74) is 2.06. The first-order chi connectivity index (χ1) is 10.2. The Morgan fingerprint density at radius 2 is 1.95 bits per heavy atom. The first kappa shape index (κ1) is 14.7. The zero-order valence-electron chi connectivity index (χ0n) is 12.0. The van der Waals surface area contributed by atoms with E-state index in [2.05, 4.69) is 6.58 Å². The molecule has 106 valence electrons. The molecule has 1 heterocycles. The molecule has 3 heteroatoms. The minimum Gasteiger partial charge on any atom is -0.315 e. The Kier molecular flexibility index (Phi) is 4.67. The number of ketones is 1. The highest BCUT2D eigenvalue weighted by Crippen LogP contribution is 2.25. The van der Waals surface area contributed by atoms with E-state index in [0.29, 0.717) is 22.5 Å². The number of aldehydes is 1. The maximum Gasteiger partial charge on any atom is 0.209 e. The molecule has 0 bridgehead atoms. The second-order valence-electron chi connectivity index (χ2n) is 4.64. The van der Waals surface area contributed by atoms with Crippen molar-refractivity contribution < 1.29 is 9.59 Å². The number of nitrogens with zero attached hydrogens (tertiary/aromatic N) is 1. The number of hydrogen-bond acceptors (Lipinski definition) is 3. The lowest BCUT2D eigenvalue weighted by atomic mass is 10.0. The Morgan fingerprint density at radius 3 is 2.57 bits per heavy atom. The number of carbonyl (C=O) groups excluding carboxylic acids is 2. The number of carbonyl (C=O) groups is 2. The summed E-state index contributed by atoms with van der Waals surface area (Å²) in [6, 6.07) is 9.00. The molecular weight excluding hydrogens is 262 g/mol. The first-order valence-electron chi connectivity index (χ1n) is 6.80. The maximum absolute atomic E-state index is 12.7. The Morgan fingerprint density at radius 1 is 1.24 bits per heavy atom. The molecular formula is C18H17NO2. The molecule has 0 aliphatic carbocycles. The molecule has 0 saturated carbocycles. The zero-order chi connectivity index (χ0) is 15.2. The lowest BCUT2D eigenvalue weighted by Gasteiger charge is -2.26. The minimum atomic E-state index is -0.134. The Balaban J connectivity index is 2.44. The molecule has 0 N–H and O–H groups in total. The first-order valence-corrected chi connectivity index (χ1v) is 6.80. The van der Waals surface area contributed by atoms with E-state index >= 15 is 0 Å². The van der Waals surface area contributed by atoms with Crippen LogP contribution < -0.4 is 0 Å². The molecule has 1 aliphatic heterocycles. The van der Waals surface area contributed by atoms with E-state index in [-0.39, 0.29) is 5.78 Å². The molecule has 2 rings (SSSR count). The zero-order valence-corrected chi connectivity index (χ0v) is 12.0. The molecule has 0 amide bonds. The molecule has 1 aliphatic rings. The van der Waals surface area contributed by atoms with Gasteiger partial charge in [0.25, 0.3) is 0 Å². The van der Waals surface area contributed by atoms with Crippen LogP contribution in [0.1, 0.15) is 23.7 Å². The summed E-state index contributed by atoms with van der Waals surface area (Å²) in [6.07, 6.45) is 8.58. The van der Waals surface area contributed by atoms with Gasteiger partial charge in [0.05, 0.1) is 5.70 Å². The monoisotopic (exact) mass is 279 g/mol. The molecule has 3 nitrogen and oxygen atoms in total. The van der Waals surface area contributed by atoms with Gasteiger partial charge in [-0.05, 0) is 18.6 Å². The van der Waals surface area contributed by atoms with E-state index < -0.39 is 0 Å². The smallest absolute Gasteiger partial charge is 0.209 e. The Hall–Kier alpha value is -2.68. The lowest BCUT2D eigenvalue weighted by molar-refractivity contribution is -0.104. The van der Waals surface area contributed by atoms with Crippen LogP contribution in [-0.2, 0) is 4.79 Å². The van der Waals surface area contributed by atoms with Crippen molar-refractivity contribution in [2.45, 2.75) is 13.3 Å². The van der Waals surface area contributed by atoms with Gasteiger partial charge in [-0.15, -0.1) is 0 Å². The van der Waals surface area contributed by atoms with Gasteiger partial charge in [-0.1, -0.05) is 49.9 Å². The summed E-state index contributed by atoms with van der Waals surface area (Å²) in [5, 5.41) is 0. The average Bonchev–Trinajstić information content (AvgIpc) is 2.53. The SMILES string of the molecule is C=C1C=C(C=O)C=C(C(=O)c2ccccc2)N1/C=C\CC. The lowest BCUT2D eigenvalue weighted by Crippen LogP contribution is -2.24. The summed E-state index contributed by atoms with van der Waals surface area (Å²) in [4.78, 5) is 25.4. The predicted octanol–water partition coefficient (Wildman–Crippen LogP) is 3.63. The van der Waals surface area contributed by atoms with Gasteiger partial charge in [-0.2, -0.15) is 0 Å². The predicted molar refractivity (Wildman–Crippen MR) is 83.4 cm³/mol. The van der Waals surface area contributed by atoms with Crippen LogP contribution in [0.2, 0.25) is 0 Å². The normalized spacial score (nSPS) is 14.9. The molecule has 1 aromatic rings. The standard InChI is InChI=1S/C18H17NO2/c1-3-4-10-19-14(2)11-15(13-20)12-17(19)18(21)16-8-6-5-7-9-16/h4-13H,2-3H2,1H3/b10-4-. The van der Waals surface area contributed by atoms with Crippen molar-refractivity contribution in [1.29, 1.82) is 0 Å². The molecule has 0 atom stereocenters. The topological polar surface area (TPSA) is 37.4 Å². The van der Waals surface area contributed by atoms with Crippen molar-refractivity contribution in [3.8, 4) is 0 Å². The van der Waals surface area contributed by atoms with Gasteiger partial charge in [-0.25, -0.2) is 0 Å². The highest BCUT2D eigenvalue weighted by atomic mass is 16.1. The van der Waals surface area contributed by atoms with Gasteiger partial charge in [-0.3, -0.25) is 9.59 Å². The van der Waals surface area contributed by atoms with Gasteiger partial charge in [0, 0.05) is 23.0 Å². The second-order valence-corrected chi connectivity index (χ2v) is 4.64. The summed E-state index contributed by atoms with van der Waals surface area (Å²) in [5.74, 6) is -0.134. The van der Waals surface area contributed by atoms with Crippen molar-refractivity contribution in [3.05, 3.63) is 83.9 Å². The van der Waals surface area contributed by atoms with Crippen LogP contribution in [0.5, 0.6) is 0 Å². The van der Waals surface area contributed by atoms with Crippen LogP contribution in [0.15, 0.2) is 78.3 Å². The molecule has 21 heavy (non-hydrogen) atoms. The Bertz CT molecular complexity index is 651. The fourth-order valence-electron chi connectivity index (χ4n) is 2.05. The van der Waals surface area contributed by atoms with Gasteiger partial charge in [0.1, 0.15) is 6.29 Å². The summed E-state index contributed by atoms with van der Waals surface area (Å²) in [6.45, 7) is 5.93. The van der Waals surface area contributed by atoms with Crippen molar-refractivity contribution in [2.24, 2.45) is 0 Å². The van der Waals surface area contributed by atoms with E-state index in [1.165, 1.54) is 0 Å². The van der Waals surface area contributed by atoms with Crippen LogP contribution in [0.25, 0.3) is 0 Å². The van der Waals surface area contributed by atoms with Gasteiger partial charge < -0.3 is 4.90 Å². The van der Waals surface area contributed by atoms with E-state index in [0.717, 1.165) is 12.7 Å². The Labute approximate surface area is 124 Å². The van der Waals surface area contributed by atoms with Gasteiger partial charge >= 0.3 is 0 Å². The quantitative estimate of drug-likeness (QED) is 0.610. The van der Waals surface area contributed by atoms with Crippen molar-refractivity contribution in [2.75, 3.05) is 0 Å². The minimum absolute atomic E-state index is 0.134. The molecule has 0 radical (unpaired) electrons. The molecule has 0 saturated heterocycles. The molecule has 0 fully saturated rings. The second kappa shape index (κ2) is 6.66. The van der Waals surface area contributed by atoms with Crippen molar-refractivity contribution in [3.63, 3.8) is 0 Å². The van der Waals surface area contributed by atoms with Gasteiger partial charge in [0.15, 0.2) is 0 Å². The molecule has 0 aromatic heterocycles. The van der Waals surface area contributed by atoms with E-state index in [1.54, 1.807) is 29.2 Å². The third-order valence-electron chi connectivity index (χ3n) is 3.10. The molecule has 1 aromatic carbocycles. The fourth-order valence-corrected chi connectivity index (χ4v) is 2.05. The average molecular weight is 279 g/mol. The van der Waals surface area contributed by atoms with E-state index in [1.807, 2.05) is 37.4 Å². The molecule has 0 unspecified atom stereocenters. The number of allylic oxidation sites excluding steroid dienone is 5. The summed E-state index contributed by atoms with van der Waals surface area (Å²) >= 11 is 0. The number of Topliss-reactive ketones (excluding diaryl/α,β-unsaturated/α-hetero) is 1. The summed E-state index contributed by atoms with van der Waals surface area (Å²) < 4.78 is 0. The van der Waals surface area contributed by atoms with Crippen LogP contribution in [0, 0.1) is 0 Å². The van der Waals surface area contributed by atoms with Crippen LogP contribution in [0.4, 0.5) is 0 Å². The maximum atomic E-state index is 12.7. The van der Waals surface area contributed by atoms with Crippen molar-refractivity contribution in [1.82, 2.24) is 4.90 Å². The third kappa shape index (κ3) is 3.26. The van der Waals surface area contributed by atoms with E-state index in [9.17, 15) is 9.59 Å². The molecule has 0 spiro atoms. The summed E-state index contributed by atoms with van der Waals surface area (Å²) in [7, 11) is 0. The van der Waals surface area contributed by atoms with Crippen molar-refractivity contribution >= 4 is 12.1 Å².